The van der Waals surface area contributed by atoms with Crippen molar-refractivity contribution in [1.82, 2.24) is 4.57 Å². The van der Waals surface area contributed by atoms with Crippen LogP contribution in [0.15, 0.2) is 36.4 Å². The Morgan fingerprint density at radius 3 is 2.17 bits per heavy atom. The molecule has 4 nitrogen and oxygen atoms in total. The van der Waals surface area contributed by atoms with Gasteiger partial charge in [0.1, 0.15) is 0 Å². The van der Waals surface area contributed by atoms with E-state index in [2.05, 4.69) is 0 Å². The van der Waals surface area contributed by atoms with Crippen molar-refractivity contribution in [2.75, 3.05) is 0 Å². The van der Waals surface area contributed by atoms with E-state index in [1.165, 1.54) is 4.57 Å². The van der Waals surface area contributed by atoms with E-state index in [1.807, 2.05) is 30.3 Å². The van der Waals surface area contributed by atoms with Gasteiger partial charge in [0.25, 0.3) is 0 Å². The largest absolute Gasteiger partial charge is 0.494 e. The van der Waals surface area contributed by atoms with Gasteiger partial charge in [0.15, 0.2) is 0 Å². The van der Waals surface area contributed by atoms with Gasteiger partial charge in [-0.3, -0.25) is 4.57 Å². The molecule has 3 aromatic rings. The van der Waals surface area contributed by atoms with Gasteiger partial charge >= 0.3 is 0 Å². The van der Waals surface area contributed by atoms with Crippen molar-refractivity contribution in [3.8, 4) is 17.4 Å². The molecule has 1 fully saturated rings. The number of ether oxygens (including phenoxy) is 1. The highest BCUT2D eigenvalue weighted by atomic mass is 35.5. The standard InChI is InChI=1S/C18H14ClNO3/c19-11-5-6-12(10-4-2-1-3-9(10)11)20-17(21)15-13-7-8-14(23-13)16(15)18(20)22/h1-6,13-14,21-22H,7-8H2/t13-,14+. The molecule has 5 heteroatoms. The Morgan fingerprint density at radius 2 is 1.52 bits per heavy atom. The summed E-state index contributed by atoms with van der Waals surface area (Å²) in [5.74, 6) is 0.134. The fraction of sp³-hybridized carbons (Fsp3) is 0.222. The third kappa shape index (κ3) is 1.60. The summed E-state index contributed by atoms with van der Waals surface area (Å²) in [4.78, 5) is 0. The van der Waals surface area contributed by atoms with Gasteiger partial charge in [-0.1, -0.05) is 35.9 Å². The minimum atomic E-state index is -0.110. The highest BCUT2D eigenvalue weighted by Gasteiger charge is 2.45. The molecular formula is C18H14ClNO3. The van der Waals surface area contributed by atoms with Gasteiger partial charge in [0.05, 0.1) is 29.0 Å². The van der Waals surface area contributed by atoms with Crippen LogP contribution < -0.4 is 0 Å². The fourth-order valence-corrected chi connectivity index (χ4v) is 4.18. The summed E-state index contributed by atoms with van der Waals surface area (Å²) >= 11 is 6.27. The van der Waals surface area contributed by atoms with Crippen molar-refractivity contribution in [1.29, 1.82) is 0 Å². The number of hydrogen-bond acceptors (Lipinski definition) is 3. The van der Waals surface area contributed by atoms with Crippen LogP contribution in [-0.2, 0) is 4.74 Å². The molecule has 3 heterocycles. The average Bonchev–Trinajstić information content (AvgIpc) is 3.24. The van der Waals surface area contributed by atoms with Crippen LogP contribution in [0.2, 0.25) is 5.02 Å². The van der Waals surface area contributed by atoms with E-state index in [-0.39, 0.29) is 24.0 Å². The van der Waals surface area contributed by atoms with Crippen LogP contribution in [0.25, 0.3) is 16.5 Å². The zero-order valence-electron chi connectivity index (χ0n) is 12.2. The maximum Gasteiger partial charge on any atom is 0.205 e. The number of hydrogen-bond donors (Lipinski definition) is 2. The van der Waals surface area contributed by atoms with Crippen LogP contribution in [0.4, 0.5) is 0 Å². The van der Waals surface area contributed by atoms with Gasteiger partial charge in [-0.2, -0.15) is 0 Å². The Labute approximate surface area is 137 Å². The molecule has 2 aliphatic rings. The second-order valence-electron chi connectivity index (χ2n) is 6.11. The van der Waals surface area contributed by atoms with Gasteiger partial charge in [0, 0.05) is 15.8 Å². The molecule has 23 heavy (non-hydrogen) atoms. The predicted molar refractivity (Wildman–Crippen MR) is 87.4 cm³/mol. The lowest BCUT2D eigenvalue weighted by molar-refractivity contribution is 0.0683. The highest BCUT2D eigenvalue weighted by molar-refractivity contribution is 6.35. The monoisotopic (exact) mass is 327 g/mol. The van der Waals surface area contributed by atoms with E-state index in [4.69, 9.17) is 16.3 Å². The molecule has 2 aromatic carbocycles. The van der Waals surface area contributed by atoms with Crippen molar-refractivity contribution in [2.24, 2.45) is 0 Å². The van der Waals surface area contributed by atoms with Gasteiger partial charge in [0.2, 0.25) is 11.8 Å². The summed E-state index contributed by atoms with van der Waals surface area (Å²) in [5.41, 5.74) is 2.18. The number of benzene rings is 2. The normalized spacial score (nSPS) is 22.0. The summed E-state index contributed by atoms with van der Waals surface area (Å²) in [6.45, 7) is 0. The first kappa shape index (κ1) is 13.3. The molecule has 2 atom stereocenters. The summed E-state index contributed by atoms with van der Waals surface area (Å²) in [5, 5.41) is 23.9. The van der Waals surface area contributed by atoms with E-state index in [0.717, 1.165) is 34.7 Å². The Hall–Kier alpha value is -2.17. The molecule has 0 saturated carbocycles. The van der Waals surface area contributed by atoms with Crippen molar-refractivity contribution < 1.29 is 14.9 Å². The first-order chi connectivity index (χ1) is 11.2. The minimum absolute atomic E-state index is 0.0668. The molecule has 2 N–H and O–H groups in total. The first-order valence-corrected chi connectivity index (χ1v) is 8.04. The third-order valence-corrected chi connectivity index (χ3v) is 5.28. The van der Waals surface area contributed by atoms with Gasteiger partial charge in [-0.15, -0.1) is 0 Å². The number of fused-ring (bicyclic) bond motifs is 6. The van der Waals surface area contributed by atoms with Crippen LogP contribution in [-0.4, -0.2) is 14.8 Å². The van der Waals surface area contributed by atoms with Crippen LogP contribution in [0.5, 0.6) is 11.8 Å². The number of aromatic nitrogens is 1. The summed E-state index contributed by atoms with van der Waals surface area (Å²) in [6.07, 6.45) is 1.55. The molecule has 116 valence electrons. The fourth-order valence-electron chi connectivity index (χ4n) is 3.95. The molecule has 0 unspecified atom stereocenters. The highest BCUT2D eigenvalue weighted by Crippen LogP contribution is 2.58. The molecular weight excluding hydrogens is 314 g/mol. The van der Waals surface area contributed by atoms with Crippen LogP contribution >= 0.6 is 11.6 Å². The Bertz CT molecular complexity index is 929. The minimum Gasteiger partial charge on any atom is -0.494 e. The summed E-state index contributed by atoms with van der Waals surface area (Å²) in [6, 6.07) is 11.3. The van der Waals surface area contributed by atoms with Gasteiger partial charge < -0.3 is 14.9 Å². The maximum absolute atomic E-state index is 10.7. The van der Waals surface area contributed by atoms with Gasteiger partial charge in [-0.25, -0.2) is 0 Å². The molecule has 0 aliphatic carbocycles. The lowest BCUT2D eigenvalue weighted by atomic mass is 9.95. The van der Waals surface area contributed by atoms with Crippen molar-refractivity contribution >= 4 is 22.4 Å². The topological polar surface area (TPSA) is 54.6 Å². The molecule has 1 aromatic heterocycles. The molecule has 2 bridgehead atoms. The number of halogens is 1. The van der Waals surface area contributed by atoms with Gasteiger partial charge in [-0.05, 0) is 25.0 Å². The van der Waals surface area contributed by atoms with E-state index in [9.17, 15) is 10.2 Å². The number of aromatic hydroxyl groups is 2. The second-order valence-corrected chi connectivity index (χ2v) is 6.52. The SMILES string of the molecule is Oc1c2c(c(O)n1-c1ccc(Cl)c3ccccc13)[C@H]1CC[C@@H]2O1. The molecule has 0 amide bonds. The third-order valence-electron chi connectivity index (χ3n) is 4.95. The van der Waals surface area contributed by atoms with E-state index >= 15 is 0 Å². The Kier molecular flexibility index (Phi) is 2.56. The lowest BCUT2D eigenvalue weighted by Gasteiger charge is -2.13. The predicted octanol–water partition coefficient (Wildman–Crippen LogP) is 4.60. The molecule has 0 spiro atoms. The zero-order valence-corrected chi connectivity index (χ0v) is 12.9. The smallest absolute Gasteiger partial charge is 0.205 e. The van der Waals surface area contributed by atoms with Crippen molar-refractivity contribution in [3.63, 3.8) is 0 Å². The lowest BCUT2D eigenvalue weighted by Crippen LogP contribution is -1.97. The Balaban J connectivity index is 1.84. The van der Waals surface area contributed by atoms with E-state index in [0.29, 0.717) is 10.7 Å². The quantitative estimate of drug-likeness (QED) is 0.686. The average molecular weight is 328 g/mol. The first-order valence-electron chi connectivity index (χ1n) is 7.66. The maximum atomic E-state index is 10.7. The van der Waals surface area contributed by atoms with Crippen molar-refractivity contribution in [2.45, 2.75) is 25.0 Å². The van der Waals surface area contributed by atoms with Crippen LogP contribution in [0, 0.1) is 0 Å². The summed E-state index contributed by atoms with van der Waals surface area (Å²) < 4.78 is 7.30. The second kappa shape index (κ2) is 4.43. The van der Waals surface area contributed by atoms with Crippen LogP contribution in [0.3, 0.4) is 0 Å². The van der Waals surface area contributed by atoms with E-state index < -0.39 is 0 Å². The van der Waals surface area contributed by atoms with Crippen LogP contribution in [0.1, 0.15) is 36.2 Å². The Morgan fingerprint density at radius 1 is 0.913 bits per heavy atom. The molecule has 2 aliphatic heterocycles. The molecule has 1 saturated heterocycles. The number of rotatable bonds is 1. The van der Waals surface area contributed by atoms with E-state index in [1.54, 1.807) is 6.07 Å². The zero-order chi connectivity index (χ0) is 15.7. The molecule has 0 radical (unpaired) electrons. The molecule has 5 rings (SSSR count). The number of nitrogens with zero attached hydrogens (tertiary/aromatic N) is 1. The van der Waals surface area contributed by atoms with Crippen molar-refractivity contribution in [3.05, 3.63) is 52.5 Å². The summed E-state index contributed by atoms with van der Waals surface area (Å²) in [7, 11) is 0.